The van der Waals surface area contributed by atoms with Gasteiger partial charge in [-0.3, -0.25) is 14.2 Å². The van der Waals surface area contributed by atoms with Crippen LogP contribution in [0, 0.1) is 18.3 Å². The van der Waals surface area contributed by atoms with Gasteiger partial charge in [0.15, 0.2) is 5.82 Å². The Bertz CT molecular complexity index is 1570. The first kappa shape index (κ1) is 31.3. The van der Waals surface area contributed by atoms with E-state index in [2.05, 4.69) is 25.5 Å². The summed E-state index contributed by atoms with van der Waals surface area (Å²) in [7, 11) is 1.79. The third-order valence-corrected chi connectivity index (χ3v) is 10.1. The topological polar surface area (TPSA) is 62.4 Å². The Balaban J connectivity index is 0.00000175. The van der Waals surface area contributed by atoms with E-state index < -0.39 is 6.43 Å². The van der Waals surface area contributed by atoms with Gasteiger partial charge in [0.25, 0.3) is 6.43 Å². The Morgan fingerprint density at radius 3 is 2.47 bits per heavy atom. The van der Waals surface area contributed by atoms with Crippen LogP contribution in [-0.4, -0.2) is 67.5 Å². The smallest absolute Gasteiger partial charge is 0.264 e. The van der Waals surface area contributed by atoms with E-state index in [1.807, 2.05) is 24.8 Å². The zero-order valence-corrected chi connectivity index (χ0v) is 27.0. The third kappa shape index (κ3) is 5.87. The number of carbonyl (C=O) groups is 1. The Kier molecular flexibility index (Phi) is 9.00. The van der Waals surface area contributed by atoms with Crippen molar-refractivity contribution in [1.82, 2.24) is 29.4 Å². The first-order valence-electron chi connectivity index (χ1n) is 16.6. The quantitative estimate of drug-likeness (QED) is 0.315. The molecule has 2 fully saturated rings. The molecule has 5 heterocycles. The van der Waals surface area contributed by atoms with Crippen molar-refractivity contribution >= 4 is 17.4 Å². The van der Waals surface area contributed by atoms with Gasteiger partial charge in [-0.25, -0.2) is 8.78 Å². The Hall–Kier alpha value is -3.71. The maximum absolute atomic E-state index is 14.5. The highest BCUT2D eigenvalue weighted by atomic mass is 19.3. The second-order valence-corrected chi connectivity index (χ2v) is 12.7. The van der Waals surface area contributed by atoms with Gasteiger partial charge in [0.2, 0.25) is 5.91 Å². The van der Waals surface area contributed by atoms with E-state index in [9.17, 15) is 13.6 Å². The molecule has 0 bridgehead atoms. The second-order valence-electron chi connectivity index (χ2n) is 12.7. The number of alkyl halides is 2. The number of aromatic nitrogens is 4. The fourth-order valence-corrected chi connectivity index (χ4v) is 7.59. The number of aryl methyl sites for hydroxylation is 2. The lowest BCUT2D eigenvalue weighted by Gasteiger charge is -2.44. The standard InChI is InChI=1S/C33H39F2N7O.C2H6/c1-4-22-14-26(15-22)39-11-7-25(8-12-39)42-30-9-13-40(21(2)43)20-29(30)33(37-42)41-10-5-6-23-16-27(24-18-36-38(3)19-24)28(32(34)35)17-31(23)41;1-2/h1,16-19,22,25-26,32H,5-15,20H2,2-3H3;1-2H3. The molecule has 1 aromatic carbocycles. The molecule has 0 spiro atoms. The normalized spacial score (nSPS) is 21.8. The predicted octanol–water partition coefficient (Wildman–Crippen LogP) is 6.29. The fourth-order valence-electron chi connectivity index (χ4n) is 7.59. The molecule has 7 rings (SSSR count). The largest absolute Gasteiger partial charge is 0.338 e. The van der Waals surface area contributed by atoms with Crippen molar-refractivity contribution in [3.63, 3.8) is 0 Å². The lowest BCUT2D eigenvalue weighted by atomic mass is 9.79. The highest BCUT2D eigenvalue weighted by Crippen LogP contribution is 2.44. The number of carbonyl (C=O) groups excluding carboxylic acids is 1. The van der Waals surface area contributed by atoms with Crippen LogP contribution >= 0.6 is 0 Å². The molecule has 4 aliphatic rings. The Labute approximate surface area is 265 Å². The number of likely N-dealkylation sites (tertiary alicyclic amines) is 1. The van der Waals surface area contributed by atoms with Crippen LogP contribution in [-0.2, 0) is 31.2 Å². The SMILES string of the molecule is C#CC1CC(N2CCC(n3nc(N4CCCc5cc(-c6cnn(C)c6)c(C(F)F)cc54)c4c3CCN(C(C)=O)C4)CC2)C1.CC. The summed E-state index contributed by atoms with van der Waals surface area (Å²) in [6.07, 6.45) is 13.1. The maximum Gasteiger partial charge on any atom is 0.264 e. The van der Waals surface area contributed by atoms with Crippen molar-refractivity contribution in [3.05, 3.63) is 46.9 Å². The van der Waals surface area contributed by atoms with Gasteiger partial charge in [-0.2, -0.15) is 10.2 Å². The monoisotopic (exact) mass is 617 g/mol. The van der Waals surface area contributed by atoms with Crippen LogP contribution in [0.3, 0.4) is 0 Å². The number of hydrogen-bond donors (Lipinski definition) is 0. The molecule has 1 saturated heterocycles. The van der Waals surface area contributed by atoms with Gasteiger partial charge in [0, 0.05) is 92.8 Å². The first-order valence-corrected chi connectivity index (χ1v) is 16.6. The minimum atomic E-state index is -2.62. The van der Waals surface area contributed by atoms with Crippen molar-refractivity contribution in [2.24, 2.45) is 13.0 Å². The van der Waals surface area contributed by atoms with Crippen LogP contribution in [0.5, 0.6) is 0 Å². The molecule has 3 aliphatic heterocycles. The summed E-state index contributed by atoms with van der Waals surface area (Å²) in [6, 6.07) is 4.46. The number of nitrogens with zero attached hydrogens (tertiary/aromatic N) is 7. The van der Waals surface area contributed by atoms with Crippen molar-refractivity contribution in [2.75, 3.05) is 31.1 Å². The van der Waals surface area contributed by atoms with E-state index in [1.165, 1.54) is 5.69 Å². The zero-order valence-electron chi connectivity index (χ0n) is 27.0. The van der Waals surface area contributed by atoms with Crippen LogP contribution in [0.4, 0.5) is 20.3 Å². The van der Waals surface area contributed by atoms with E-state index in [-0.39, 0.29) is 17.5 Å². The van der Waals surface area contributed by atoms with Gasteiger partial charge in [-0.1, -0.05) is 13.8 Å². The summed E-state index contributed by atoms with van der Waals surface area (Å²) in [6.45, 7) is 9.52. The van der Waals surface area contributed by atoms with Crippen LogP contribution in [0.25, 0.3) is 11.1 Å². The molecule has 2 aromatic heterocycles. The second kappa shape index (κ2) is 13.0. The predicted molar refractivity (Wildman–Crippen MR) is 172 cm³/mol. The zero-order chi connectivity index (χ0) is 31.8. The van der Waals surface area contributed by atoms with E-state index in [4.69, 9.17) is 11.5 Å². The lowest BCUT2D eigenvalue weighted by molar-refractivity contribution is -0.129. The number of anilines is 2. The minimum absolute atomic E-state index is 0.00718. The molecule has 240 valence electrons. The Morgan fingerprint density at radius 1 is 1.07 bits per heavy atom. The molecule has 0 unspecified atom stereocenters. The van der Waals surface area contributed by atoms with E-state index in [0.717, 1.165) is 80.7 Å². The summed E-state index contributed by atoms with van der Waals surface area (Å²) >= 11 is 0. The molecule has 1 amide bonds. The molecule has 3 aromatic rings. The summed E-state index contributed by atoms with van der Waals surface area (Å²) in [5.74, 6) is 4.18. The van der Waals surface area contributed by atoms with Crippen molar-refractivity contribution in [1.29, 1.82) is 0 Å². The van der Waals surface area contributed by atoms with E-state index in [1.54, 1.807) is 37.1 Å². The highest BCUT2D eigenvalue weighted by Gasteiger charge is 2.37. The van der Waals surface area contributed by atoms with Crippen LogP contribution in [0.15, 0.2) is 24.5 Å². The van der Waals surface area contributed by atoms with Crippen LogP contribution < -0.4 is 4.90 Å². The van der Waals surface area contributed by atoms with Crippen LogP contribution in [0.1, 0.15) is 87.7 Å². The number of rotatable bonds is 5. The summed E-state index contributed by atoms with van der Waals surface area (Å²) in [5.41, 5.74) is 5.32. The molecule has 8 nitrogen and oxygen atoms in total. The fraction of sp³-hybridized carbons (Fsp3) is 0.571. The van der Waals surface area contributed by atoms with Gasteiger partial charge in [0.05, 0.1) is 18.8 Å². The van der Waals surface area contributed by atoms with Gasteiger partial charge in [-0.15, -0.1) is 12.3 Å². The van der Waals surface area contributed by atoms with Gasteiger partial charge in [-0.05, 0) is 61.8 Å². The molecule has 1 aliphatic carbocycles. The Morgan fingerprint density at radius 2 is 1.82 bits per heavy atom. The average Bonchev–Trinajstić information content (AvgIpc) is 3.64. The van der Waals surface area contributed by atoms with E-state index >= 15 is 0 Å². The number of fused-ring (bicyclic) bond motifs is 2. The number of halogens is 2. The average molecular weight is 618 g/mol. The molecule has 0 atom stereocenters. The molecule has 10 heteroatoms. The van der Waals surface area contributed by atoms with E-state index in [0.29, 0.717) is 42.7 Å². The maximum atomic E-state index is 14.5. The summed E-state index contributed by atoms with van der Waals surface area (Å²) < 4.78 is 32.9. The summed E-state index contributed by atoms with van der Waals surface area (Å²) in [4.78, 5) is 19.1. The van der Waals surface area contributed by atoms with Crippen molar-refractivity contribution < 1.29 is 13.6 Å². The number of benzene rings is 1. The number of amides is 1. The van der Waals surface area contributed by atoms with Crippen molar-refractivity contribution in [2.45, 2.75) is 90.8 Å². The molecular weight excluding hydrogens is 572 g/mol. The minimum Gasteiger partial charge on any atom is -0.338 e. The summed E-state index contributed by atoms with van der Waals surface area (Å²) in [5, 5.41) is 9.50. The van der Waals surface area contributed by atoms with Crippen LogP contribution in [0.2, 0.25) is 0 Å². The molecule has 1 saturated carbocycles. The van der Waals surface area contributed by atoms with Gasteiger partial charge >= 0.3 is 0 Å². The first-order chi connectivity index (χ1) is 21.8. The molecule has 0 radical (unpaired) electrons. The molecule has 0 N–H and O–H groups in total. The molecular formula is C35H45F2N7O. The van der Waals surface area contributed by atoms with Gasteiger partial charge < -0.3 is 14.7 Å². The van der Waals surface area contributed by atoms with Gasteiger partial charge in [0.1, 0.15) is 0 Å². The highest BCUT2D eigenvalue weighted by molar-refractivity contribution is 5.78. The number of terminal acetylenes is 1. The number of hydrogen-bond acceptors (Lipinski definition) is 5. The third-order valence-electron chi connectivity index (χ3n) is 10.1. The molecule has 45 heavy (non-hydrogen) atoms. The van der Waals surface area contributed by atoms with Crippen molar-refractivity contribution in [3.8, 4) is 23.5 Å². The lowest BCUT2D eigenvalue weighted by Crippen LogP contribution is -2.48. The number of piperidine rings is 1.